The highest BCUT2D eigenvalue weighted by molar-refractivity contribution is 7.89. The van der Waals surface area contributed by atoms with E-state index in [1.807, 2.05) is 16.8 Å². The lowest BCUT2D eigenvalue weighted by molar-refractivity contribution is 0.0730. The van der Waals surface area contributed by atoms with Crippen molar-refractivity contribution in [1.29, 1.82) is 0 Å². The Morgan fingerprint density at radius 1 is 1.19 bits per heavy atom. The molecule has 1 fully saturated rings. The number of nitrogens with two attached hydrogens (primary N) is 1. The fraction of sp³-hybridized carbons (Fsp3) is 0.353. The third kappa shape index (κ3) is 5.19. The van der Waals surface area contributed by atoms with Gasteiger partial charge >= 0.3 is 0 Å². The first kappa shape index (κ1) is 19.6. The maximum atomic E-state index is 12.5. The van der Waals surface area contributed by atoms with Crippen LogP contribution in [0, 0.1) is 0 Å². The van der Waals surface area contributed by atoms with E-state index < -0.39 is 10.0 Å². The van der Waals surface area contributed by atoms with Gasteiger partial charge in [-0.25, -0.2) is 8.42 Å². The zero-order valence-electron chi connectivity index (χ0n) is 14.6. The first-order valence-electron chi connectivity index (χ1n) is 8.36. The predicted octanol–water partition coefficient (Wildman–Crippen LogP) is 1.48. The van der Waals surface area contributed by atoms with E-state index in [0.29, 0.717) is 37.9 Å². The molecule has 2 aromatic rings. The maximum Gasteiger partial charge on any atom is 0.243 e. The van der Waals surface area contributed by atoms with Crippen LogP contribution in [0.15, 0.2) is 51.1 Å². The van der Waals surface area contributed by atoms with Crippen molar-refractivity contribution in [3.8, 4) is 5.75 Å². The molecule has 8 nitrogen and oxygen atoms in total. The molecule has 0 aliphatic carbocycles. The van der Waals surface area contributed by atoms with Crippen LogP contribution in [0.4, 0.5) is 0 Å². The van der Waals surface area contributed by atoms with Gasteiger partial charge in [0.25, 0.3) is 0 Å². The van der Waals surface area contributed by atoms with Crippen molar-refractivity contribution in [1.82, 2.24) is 4.31 Å². The van der Waals surface area contributed by atoms with E-state index >= 15 is 0 Å². The van der Waals surface area contributed by atoms with Gasteiger partial charge in [-0.3, -0.25) is 0 Å². The van der Waals surface area contributed by atoms with E-state index in [9.17, 15) is 8.42 Å². The minimum atomic E-state index is -3.50. The Bertz CT molecular complexity index is 845. The summed E-state index contributed by atoms with van der Waals surface area (Å²) >= 11 is 1.53. The number of oxime groups is 1. The Balaban J connectivity index is 1.47. The SMILES string of the molecule is N/C(=N/OCCOc1ccc(S(=O)(=O)N2CCOCC2)cc1)c1ccsc1. The maximum absolute atomic E-state index is 12.5. The van der Waals surface area contributed by atoms with Crippen molar-refractivity contribution < 1.29 is 22.7 Å². The molecule has 0 spiro atoms. The molecule has 0 unspecified atom stereocenters. The smallest absolute Gasteiger partial charge is 0.243 e. The van der Waals surface area contributed by atoms with Crippen LogP contribution in [0.3, 0.4) is 0 Å². The number of hydrogen-bond donors (Lipinski definition) is 1. The summed E-state index contributed by atoms with van der Waals surface area (Å²) in [5, 5.41) is 7.61. The van der Waals surface area contributed by atoms with Crippen LogP contribution in [-0.2, 0) is 19.6 Å². The summed E-state index contributed by atoms with van der Waals surface area (Å²) in [6.07, 6.45) is 0. The Hall–Kier alpha value is -2.14. The van der Waals surface area contributed by atoms with Crippen molar-refractivity contribution in [3.05, 3.63) is 46.7 Å². The molecular formula is C17H21N3O5S2. The minimum absolute atomic E-state index is 0.221. The zero-order valence-corrected chi connectivity index (χ0v) is 16.2. The summed E-state index contributed by atoms with van der Waals surface area (Å²) in [5.74, 6) is 0.864. The highest BCUT2D eigenvalue weighted by Gasteiger charge is 2.26. The molecule has 2 heterocycles. The van der Waals surface area contributed by atoms with Gasteiger partial charge in [0.1, 0.15) is 12.4 Å². The van der Waals surface area contributed by atoms with E-state index in [4.69, 9.17) is 20.0 Å². The third-order valence-electron chi connectivity index (χ3n) is 3.85. The molecule has 2 N–H and O–H groups in total. The summed E-state index contributed by atoms with van der Waals surface area (Å²) in [5.41, 5.74) is 6.59. The fourth-order valence-corrected chi connectivity index (χ4v) is 4.48. The Morgan fingerprint density at radius 2 is 1.93 bits per heavy atom. The summed E-state index contributed by atoms with van der Waals surface area (Å²) in [7, 11) is -3.50. The summed E-state index contributed by atoms with van der Waals surface area (Å²) in [6, 6.07) is 8.17. The second-order valence-corrected chi connectivity index (χ2v) is 8.38. The van der Waals surface area contributed by atoms with Gasteiger partial charge in [0.15, 0.2) is 12.4 Å². The van der Waals surface area contributed by atoms with Gasteiger partial charge in [-0.15, -0.1) is 0 Å². The number of amidine groups is 1. The van der Waals surface area contributed by atoms with Crippen molar-refractivity contribution in [3.63, 3.8) is 0 Å². The standard InChI is InChI=1S/C17H21N3O5S2/c18-17(14-5-12-26-13-14)19-25-11-10-24-15-1-3-16(4-2-15)27(21,22)20-6-8-23-9-7-20/h1-5,12-13H,6-11H2,(H2,18,19). The summed E-state index contributed by atoms with van der Waals surface area (Å²) < 4.78 is 37.2. The first-order valence-corrected chi connectivity index (χ1v) is 10.7. The summed E-state index contributed by atoms with van der Waals surface area (Å²) in [6.45, 7) is 2.05. The molecule has 0 bridgehead atoms. The Morgan fingerprint density at radius 3 is 2.59 bits per heavy atom. The Kier molecular flexibility index (Phi) is 6.67. The number of rotatable bonds is 8. The van der Waals surface area contributed by atoms with Crippen molar-refractivity contribution in [2.24, 2.45) is 10.9 Å². The quantitative estimate of drug-likeness (QED) is 0.305. The van der Waals surface area contributed by atoms with Gasteiger partial charge < -0.3 is 20.0 Å². The van der Waals surface area contributed by atoms with E-state index in [2.05, 4.69) is 5.16 Å². The average Bonchev–Trinajstić information content (AvgIpc) is 3.24. The number of nitrogens with zero attached hydrogens (tertiary/aromatic N) is 2. The zero-order chi connectivity index (χ0) is 19.1. The van der Waals surface area contributed by atoms with Gasteiger partial charge in [-0.05, 0) is 35.7 Å². The first-order chi connectivity index (χ1) is 13.1. The third-order valence-corrected chi connectivity index (χ3v) is 6.45. The summed E-state index contributed by atoms with van der Waals surface area (Å²) in [4.78, 5) is 5.36. The topological polar surface area (TPSA) is 103 Å². The normalized spacial score (nSPS) is 16.2. The molecule has 146 valence electrons. The number of morpholine rings is 1. The van der Waals surface area contributed by atoms with Gasteiger partial charge in [-0.1, -0.05) is 5.16 Å². The van der Waals surface area contributed by atoms with Crippen LogP contribution in [0.1, 0.15) is 5.56 Å². The van der Waals surface area contributed by atoms with Gasteiger partial charge in [-0.2, -0.15) is 15.6 Å². The molecule has 0 amide bonds. The number of benzene rings is 1. The molecule has 0 radical (unpaired) electrons. The lowest BCUT2D eigenvalue weighted by Crippen LogP contribution is -2.40. The van der Waals surface area contributed by atoms with E-state index in [0.717, 1.165) is 5.56 Å². The highest BCUT2D eigenvalue weighted by atomic mass is 32.2. The largest absolute Gasteiger partial charge is 0.490 e. The monoisotopic (exact) mass is 411 g/mol. The number of thiophene rings is 1. The number of ether oxygens (including phenoxy) is 2. The lowest BCUT2D eigenvalue weighted by Gasteiger charge is -2.26. The van der Waals surface area contributed by atoms with Crippen LogP contribution in [0.5, 0.6) is 5.75 Å². The number of sulfonamides is 1. The molecule has 1 aliphatic heterocycles. The predicted molar refractivity (Wildman–Crippen MR) is 103 cm³/mol. The molecule has 1 aromatic carbocycles. The fourth-order valence-electron chi connectivity index (χ4n) is 2.42. The van der Waals surface area contributed by atoms with E-state index in [1.54, 1.807) is 12.1 Å². The molecule has 1 aliphatic rings. The number of hydrogen-bond acceptors (Lipinski definition) is 7. The molecular weight excluding hydrogens is 390 g/mol. The molecule has 1 saturated heterocycles. The van der Waals surface area contributed by atoms with Crippen LogP contribution in [-0.4, -0.2) is 58.1 Å². The second kappa shape index (κ2) is 9.18. The van der Waals surface area contributed by atoms with E-state index in [1.165, 1.54) is 27.8 Å². The van der Waals surface area contributed by atoms with Crippen LogP contribution in [0.25, 0.3) is 0 Å². The van der Waals surface area contributed by atoms with Gasteiger partial charge in [0.2, 0.25) is 10.0 Å². The molecule has 27 heavy (non-hydrogen) atoms. The van der Waals surface area contributed by atoms with Crippen LogP contribution < -0.4 is 10.5 Å². The van der Waals surface area contributed by atoms with Gasteiger partial charge in [0, 0.05) is 24.0 Å². The molecule has 3 rings (SSSR count). The average molecular weight is 412 g/mol. The van der Waals surface area contributed by atoms with Crippen molar-refractivity contribution in [2.45, 2.75) is 4.90 Å². The lowest BCUT2D eigenvalue weighted by atomic mass is 10.3. The molecule has 1 aromatic heterocycles. The van der Waals surface area contributed by atoms with Crippen LogP contribution >= 0.6 is 11.3 Å². The molecule has 0 saturated carbocycles. The molecule has 10 heteroatoms. The highest BCUT2D eigenvalue weighted by Crippen LogP contribution is 2.20. The molecule has 0 atom stereocenters. The van der Waals surface area contributed by atoms with Gasteiger partial charge in [0.05, 0.1) is 18.1 Å². The Labute approximate surface area is 162 Å². The second-order valence-electron chi connectivity index (χ2n) is 5.66. The minimum Gasteiger partial charge on any atom is -0.490 e. The van der Waals surface area contributed by atoms with Crippen molar-refractivity contribution >= 4 is 27.2 Å². The van der Waals surface area contributed by atoms with E-state index in [-0.39, 0.29) is 18.1 Å². The van der Waals surface area contributed by atoms with Crippen molar-refractivity contribution in [2.75, 3.05) is 39.5 Å². The van der Waals surface area contributed by atoms with Crippen LogP contribution in [0.2, 0.25) is 0 Å².